The van der Waals surface area contributed by atoms with E-state index in [-0.39, 0.29) is 12.5 Å². The Hall–Kier alpha value is -3.01. The number of hydrogen-bond donors (Lipinski definition) is 1. The number of carbonyl (C=O) groups excluding carboxylic acids is 1. The molecule has 3 aromatic heterocycles. The SMILES string of the molecule is C[C@@H](O)c1cc2n(n1)CCN(C(=O)COc1ccc3nncn3n1)C2. The molecule has 25 heavy (non-hydrogen) atoms. The van der Waals surface area contributed by atoms with Gasteiger partial charge in [-0.2, -0.15) is 9.61 Å². The fourth-order valence-electron chi connectivity index (χ4n) is 2.72. The Bertz CT molecular complexity index is 917. The molecule has 1 N–H and O–H groups in total. The van der Waals surface area contributed by atoms with Crippen LogP contribution in [0.25, 0.3) is 5.65 Å². The van der Waals surface area contributed by atoms with Gasteiger partial charge in [0.05, 0.1) is 30.6 Å². The smallest absolute Gasteiger partial charge is 0.260 e. The lowest BCUT2D eigenvalue weighted by Gasteiger charge is -2.27. The molecule has 0 aromatic carbocycles. The number of aromatic nitrogens is 6. The van der Waals surface area contributed by atoms with Crippen LogP contribution >= 0.6 is 0 Å². The minimum Gasteiger partial charge on any atom is -0.467 e. The third-order valence-electron chi connectivity index (χ3n) is 4.08. The fraction of sp³-hybridized carbons (Fsp3) is 0.400. The van der Waals surface area contributed by atoms with Gasteiger partial charge in [-0.1, -0.05) is 0 Å². The zero-order valence-electron chi connectivity index (χ0n) is 13.6. The van der Waals surface area contributed by atoms with Crippen LogP contribution in [0, 0.1) is 0 Å². The molecule has 0 saturated heterocycles. The van der Waals surface area contributed by atoms with Gasteiger partial charge in [-0.05, 0) is 19.1 Å². The van der Waals surface area contributed by atoms with Gasteiger partial charge in [-0.3, -0.25) is 9.48 Å². The highest BCUT2D eigenvalue weighted by atomic mass is 16.5. The highest BCUT2D eigenvalue weighted by molar-refractivity contribution is 5.77. The topological polar surface area (TPSA) is 111 Å². The predicted molar refractivity (Wildman–Crippen MR) is 84.6 cm³/mol. The van der Waals surface area contributed by atoms with Gasteiger partial charge >= 0.3 is 0 Å². The van der Waals surface area contributed by atoms with Crippen molar-refractivity contribution in [2.45, 2.75) is 26.1 Å². The number of aliphatic hydroxyl groups excluding tert-OH is 1. The molecule has 0 unspecified atom stereocenters. The van der Waals surface area contributed by atoms with Crippen LogP contribution in [-0.4, -0.2) is 58.7 Å². The summed E-state index contributed by atoms with van der Waals surface area (Å²) in [5, 5.41) is 25.7. The van der Waals surface area contributed by atoms with E-state index in [9.17, 15) is 9.90 Å². The maximum absolute atomic E-state index is 12.4. The quantitative estimate of drug-likeness (QED) is 0.698. The first-order valence-electron chi connectivity index (χ1n) is 7.92. The van der Waals surface area contributed by atoms with Crippen molar-refractivity contribution in [2.75, 3.05) is 13.2 Å². The van der Waals surface area contributed by atoms with E-state index in [0.29, 0.717) is 36.9 Å². The van der Waals surface area contributed by atoms with Crippen molar-refractivity contribution in [3.63, 3.8) is 0 Å². The normalized spacial score (nSPS) is 15.2. The van der Waals surface area contributed by atoms with Crippen molar-refractivity contribution < 1.29 is 14.6 Å². The average Bonchev–Trinajstić information content (AvgIpc) is 3.24. The largest absolute Gasteiger partial charge is 0.467 e. The molecule has 1 aliphatic rings. The maximum Gasteiger partial charge on any atom is 0.260 e. The van der Waals surface area contributed by atoms with Crippen LogP contribution in [0.2, 0.25) is 0 Å². The first-order chi connectivity index (χ1) is 12.1. The van der Waals surface area contributed by atoms with E-state index in [1.807, 2.05) is 10.7 Å². The number of aliphatic hydroxyl groups is 1. The zero-order chi connectivity index (χ0) is 17.4. The molecule has 0 spiro atoms. The molecule has 0 aliphatic carbocycles. The van der Waals surface area contributed by atoms with Gasteiger partial charge in [0.1, 0.15) is 6.33 Å². The summed E-state index contributed by atoms with van der Waals surface area (Å²) < 4.78 is 8.80. The summed E-state index contributed by atoms with van der Waals surface area (Å²) in [6, 6.07) is 5.20. The van der Waals surface area contributed by atoms with Gasteiger partial charge in [-0.25, -0.2) is 0 Å². The molecule has 4 rings (SSSR count). The Morgan fingerprint density at radius 3 is 3.08 bits per heavy atom. The summed E-state index contributed by atoms with van der Waals surface area (Å²) in [6.45, 7) is 3.16. The summed E-state index contributed by atoms with van der Waals surface area (Å²) in [7, 11) is 0. The third-order valence-corrected chi connectivity index (χ3v) is 4.08. The van der Waals surface area contributed by atoms with E-state index in [0.717, 1.165) is 5.69 Å². The van der Waals surface area contributed by atoms with E-state index < -0.39 is 6.10 Å². The first kappa shape index (κ1) is 15.5. The second-order valence-corrected chi connectivity index (χ2v) is 5.87. The molecule has 0 fully saturated rings. The number of amides is 1. The van der Waals surface area contributed by atoms with Crippen LogP contribution in [0.15, 0.2) is 24.5 Å². The van der Waals surface area contributed by atoms with E-state index in [1.54, 1.807) is 24.0 Å². The molecule has 0 bridgehead atoms. The summed E-state index contributed by atoms with van der Waals surface area (Å²) in [5.41, 5.74) is 2.13. The van der Waals surface area contributed by atoms with Crippen molar-refractivity contribution in [3.8, 4) is 5.88 Å². The Morgan fingerprint density at radius 1 is 1.36 bits per heavy atom. The van der Waals surface area contributed by atoms with Gasteiger partial charge in [0.15, 0.2) is 12.3 Å². The second kappa shape index (κ2) is 6.13. The lowest BCUT2D eigenvalue weighted by Crippen LogP contribution is -2.40. The number of carbonyl (C=O) groups is 1. The summed E-state index contributed by atoms with van der Waals surface area (Å²) >= 11 is 0. The van der Waals surface area contributed by atoms with Gasteiger partial charge in [0.25, 0.3) is 5.91 Å². The van der Waals surface area contributed by atoms with Crippen LogP contribution in [0.1, 0.15) is 24.4 Å². The molecule has 0 radical (unpaired) electrons. The van der Waals surface area contributed by atoms with Gasteiger partial charge in [0, 0.05) is 12.6 Å². The second-order valence-electron chi connectivity index (χ2n) is 5.87. The standard InChI is InChI=1S/C15H17N7O3/c1-10(23)12-6-11-7-20(4-5-21(11)18-12)15(24)8-25-14-3-2-13-17-16-9-22(13)19-14/h2-3,6,9-10,23H,4-5,7-8H2,1H3/t10-/m1/s1. The van der Waals surface area contributed by atoms with Crippen molar-refractivity contribution >= 4 is 11.6 Å². The first-order valence-corrected chi connectivity index (χ1v) is 7.92. The zero-order valence-corrected chi connectivity index (χ0v) is 13.6. The Labute approximate surface area is 142 Å². The summed E-state index contributed by atoms with van der Waals surface area (Å²) in [4.78, 5) is 14.1. The molecular formula is C15H17N7O3. The molecular weight excluding hydrogens is 326 g/mol. The average molecular weight is 343 g/mol. The number of ether oxygens (including phenoxy) is 1. The molecule has 10 nitrogen and oxygen atoms in total. The molecule has 1 amide bonds. The molecule has 0 saturated carbocycles. The molecule has 4 heterocycles. The Kier molecular flexibility index (Phi) is 3.80. The highest BCUT2D eigenvalue weighted by Crippen LogP contribution is 2.18. The summed E-state index contributed by atoms with van der Waals surface area (Å²) in [5.74, 6) is 0.204. The highest BCUT2D eigenvalue weighted by Gasteiger charge is 2.23. The van der Waals surface area contributed by atoms with Crippen LogP contribution in [0.4, 0.5) is 0 Å². The van der Waals surface area contributed by atoms with Crippen molar-refractivity contribution in [1.82, 2.24) is 34.5 Å². The van der Waals surface area contributed by atoms with Gasteiger partial charge in [-0.15, -0.1) is 15.3 Å². The number of fused-ring (bicyclic) bond motifs is 2. The number of hydrogen-bond acceptors (Lipinski definition) is 7. The maximum atomic E-state index is 12.4. The minimum atomic E-state index is -0.621. The Balaban J connectivity index is 1.39. The van der Waals surface area contributed by atoms with E-state index in [2.05, 4.69) is 20.4 Å². The Morgan fingerprint density at radius 2 is 2.24 bits per heavy atom. The van der Waals surface area contributed by atoms with Crippen LogP contribution in [0.3, 0.4) is 0 Å². The monoisotopic (exact) mass is 343 g/mol. The molecule has 130 valence electrons. The van der Waals surface area contributed by atoms with Gasteiger partial charge < -0.3 is 14.7 Å². The predicted octanol–water partition coefficient (Wildman–Crippen LogP) is -0.205. The minimum absolute atomic E-state index is 0.0992. The molecule has 1 aliphatic heterocycles. The van der Waals surface area contributed by atoms with Crippen LogP contribution < -0.4 is 4.74 Å². The van der Waals surface area contributed by atoms with E-state index in [4.69, 9.17) is 4.74 Å². The molecule has 10 heteroatoms. The number of nitrogens with zero attached hydrogens (tertiary/aromatic N) is 7. The van der Waals surface area contributed by atoms with Crippen molar-refractivity contribution in [2.24, 2.45) is 0 Å². The fourth-order valence-corrected chi connectivity index (χ4v) is 2.72. The molecule has 3 aromatic rings. The third kappa shape index (κ3) is 3.03. The van der Waals surface area contributed by atoms with Gasteiger partial charge in [0.2, 0.25) is 5.88 Å². The van der Waals surface area contributed by atoms with Crippen molar-refractivity contribution in [1.29, 1.82) is 0 Å². The molecule has 1 atom stereocenters. The van der Waals surface area contributed by atoms with Crippen LogP contribution in [0.5, 0.6) is 5.88 Å². The number of rotatable bonds is 4. The van der Waals surface area contributed by atoms with E-state index >= 15 is 0 Å². The summed E-state index contributed by atoms with van der Waals surface area (Å²) in [6.07, 6.45) is 0.847. The van der Waals surface area contributed by atoms with Crippen molar-refractivity contribution in [3.05, 3.63) is 35.9 Å². The lowest BCUT2D eigenvalue weighted by atomic mass is 10.2. The van der Waals surface area contributed by atoms with E-state index in [1.165, 1.54) is 10.8 Å². The van der Waals surface area contributed by atoms with Crippen LogP contribution in [-0.2, 0) is 17.9 Å². The lowest BCUT2D eigenvalue weighted by molar-refractivity contribution is -0.135.